The molecule has 0 aromatic heterocycles. The Kier molecular flexibility index (Phi) is 10.7. The summed E-state index contributed by atoms with van der Waals surface area (Å²) >= 11 is 0. The SMILES string of the molecule is Cc1cc2c(c3ccccc13)-c1c(cc(C)c3ccccc13)C2(c1ccccc1)C1(c2ccccc2)c2cc(C)c3ccccc3c2-c2c1cc(N(c1ccc([Si](C)C)cc1)c1ccc([Si](C)C)cc1)c1ccccc21. The van der Waals surface area contributed by atoms with Gasteiger partial charge in [-0.3, -0.25) is 0 Å². The predicted molar refractivity (Wildman–Crippen MR) is 330 cm³/mol. The lowest BCUT2D eigenvalue weighted by molar-refractivity contribution is 0.437. The fraction of sp³-hybridized carbons (Fsp3) is 0.123. The summed E-state index contributed by atoms with van der Waals surface area (Å²) in [7, 11) is -1.35. The van der Waals surface area contributed by atoms with Gasteiger partial charge in [0.25, 0.3) is 0 Å². The molecule has 14 rings (SSSR count). The molecule has 12 aromatic rings. The van der Waals surface area contributed by atoms with E-state index in [1.165, 1.54) is 131 Å². The molecule has 3 heteroatoms. The molecule has 1 unspecified atom stereocenters. The maximum atomic E-state index is 2.67. The summed E-state index contributed by atoms with van der Waals surface area (Å²) in [6, 6.07) is 89.9. The number of hydrogen-bond acceptors (Lipinski definition) is 1. The smallest absolute Gasteiger partial charge is 0.0791 e. The molecule has 2 aliphatic rings. The lowest BCUT2D eigenvalue weighted by Gasteiger charge is -2.51. The summed E-state index contributed by atoms with van der Waals surface area (Å²) in [4.78, 5) is 2.58. The molecule has 0 saturated carbocycles. The van der Waals surface area contributed by atoms with Crippen LogP contribution in [0, 0.1) is 20.8 Å². The van der Waals surface area contributed by atoms with Crippen LogP contribution in [0.15, 0.2) is 231 Å². The highest BCUT2D eigenvalue weighted by Gasteiger charge is 2.65. The second-order valence-electron chi connectivity index (χ2n) is 22.0. The first-order chi connectivity index (χ1) is 37.1. The molecule has 0 bridgehead atoms. The Morgan fingerprint density at radius 1 is 0.289 bits per heavy atom. The zero-order valence-corrected chi connectivity index (χ0v) is 46.4. The van der Waals surface area contributed by atoms with E-state index >= 15 is 0 Å². The Labute approximate surface area is 451 Å². The van der Waals surface area contributed by atoms with Gasteiger partial charge in [-0.1, -0.05) is 237 Å². The van der Waals surface area contributed by atoms with Crippen molar-refractivity contribution in [1.29, 1.82) is 0 Å². The van der Waals surface area contributed by atoms with E-state index in [9.17, 15) is 0 Å². The Morgan fingerprint density at radius 2 is 0.566 bits per heavy atom. The fourth-order valence-electron chi connectivity index (χ4n) is 14.3. The van der Waals surface area contributed by atoms with Crippen molar-refractivity contribution in [1.82, 2.24) is 0 Å². The van der Waals surface area contributed by atoms with Gasteiger partial charge in [0, 0.05) is 16.8 Å². The van der Waals surface area contributed by atoms with Gasteiger partial charge >= 0.3 is 0 Å². The first-order valence-electron chi connectivity index (χ1n) is 27.0. The van der Waals surface area contributed by atoms with Crippen LogP contribution >= 0.6 is 0 Å². The highest BCUT2D eigenvalue weighted by molar-refractivity contribution is 6.71. The quantitative estimate of drug-likeness (QED) is 0.137. The summed E-state index contributed by atoms with van der Waals surface area (Å²) in [5, 5.41) is 13.1. The van der Waals surface area contributed by atoms with E-state index in [0.717, 1.165) is 11.4 Å². The van der Waals surface area contributed by atoms with Crippen molar-refractivity contribution in [2.75, 3.05) is 4.90 Å². The van der Waals surface area contributed by atoms with E-state index in [1.54, 1.807) is 0 Å². The summed E-state index contributed by atoms with van der Waals surface area (Å²) in [6.45, 7) is 16.6. The maximum absolute atomic E-state index is 2.67. The predicted octanol–water partition coefficient (Wildman–Crippen LogP) is 17.9. The van der Waals surface area contributed by atoms with E-state index in [2.05, 4.69) is 282 Å². The van der Waals surface area contributed by atoms with Crippen LogP contribution in [0.25, 0.3) is 65.3 Å². The number of benzene rings is 12. The van der Waals surface area contributed by atoms with Crippen LogP contribution in [0.2, 0.25) is 26.2 Å². The molecule has 2 radical (unpaired) electrons. The molecule has 0 heterocycles. The van der Waals surface area contributed by atoms with Gasteiger partial charge in [-0.25, -0.2) is 0 Å². The molecule has 1 atom stereocenters. The Bertz CT molecular complexity index is 4170. The van der Waals surface area contributed by atoms with Crippen molar-refractivity contribution in [2.45, 2.75) is 57.8 Å². The number of fused-ring (bicyclic) bond motifs is 14. The lowest BCUT2D eigenvalue weighted by Crippen LogP contribution is -2.50. The van der Waals surface area contributed by atoms with Crippen molar-refractivity contribution in [3.63, 3.8) is 0 Å². The van der Waals surface area contributed by atoms with Crippen LogP contribution in [0.3, 0.4) is 0 Å². The van der Waals surface area contributed by atoms with E-state index in [4.69, 9.17) is 0 Å². The number of rotatable bonds is 8. The third-order valence-electron chi connectivity index (χ3n) is 17.5. The highest BCUT2D eigenvalue weighted by Crippen LogP contribution is 2.73. The van der Waals surface area contributed by atoms with Crippen molar-refractivity contribution in [3.05, 3.63) is 281 Å². The zero-order chi connectivity index (χ0) is 51.6. The normalized spacial score (nSPS) is 15.2. The topological polar surface area (TPSA) is 3.24 Å². The molecule has 0 spiro atoms. The minimum absolute atomic E-state index is 0.676. The molecule has 0 aliphatic heterocycles. The Morgan fingerprint density at radius 3 is 0.895 bits per heavy atom. The van der Waals surface area contributed by atoms with Crippen LogP contribution in [-0.4, -0.2) is 17.6 Å². The molecule has 1 nitrogen and oxygen atoms in total. The van der Waals surface area contributed by atoms with Crippen LogP contribution in [0.5, 0.6) is 0 Å². The van der Waals surface area contributed by atoms with E-state index in [-0.39, 0.29) is 0 Å². The Hall–Kier alpha value is -8.09. The van der Waals surface area contributed by atoms with Gasteiger partial charge < -0.3 is 4.90 Å². The van der Waals surface area contributed by atoms with Gasteiger partial charge in [-0.05, 0) is 161 Å². The summed E-state index contributed by atoms with van der Waals surface area (Å²) in [5.41, 5.74) is 18.8. The monoisotopic (exact) mass is 1010 g/mol. The minimum atomic E-state index is -0.861. The molecule has 76 heavy (non-hydrogen) atoms. The second-order valence-corrected chi connectivity index (χ2v) is 27.2. The van der Waals surface area contributed by atoms with Crippen molar-refractivity contribution in [2.24, 2.45) is 0 Å². The number of anilines is 3. The van der Waals surface area contributed by atoms with Gasteiger partial charge in [0.05, 0.1) is 34.1 Å². The van der Waals surface area contributed by atoms with Crippen LogP contribution in [0.4, 0.5) is 17.1 Å². The molecule has 364 valence electrons. The van der Waals surface area contributed by atoms with Crippen LogP contribution < -0.4 is 15.3 Å². The van der Waals surface area contributed by atoms with Gasteiger partial charge in [0.2, 0.25) is 0 Å². The molecule has 0 fully saturated rings. The third-order valence-corrected chi connectivity index (χ3v) is 20.5. The first-order valence-corrected chi connectivity index (χ1v) is 32.0. The van der Waals surface area contributed by atoms with Crippen molar-refractivity contribution < 1.29 is 0 Å². The molecular formula is C73H59NSi2. The van der Waals surface area contributed by atoms with E-state index < -0.39 is 28.4 Å². The largest absolute Gasteiger partial charge is 0.310 e. The number of aryl methyl sites for hydroxylation is 3. The fourth-order valence-corrected chi connectivity index (χ4v) is 16.0. The van der Waals surface area contributed by atoms with Crippen LogP contribution in [0.1, 0.15) is 50.1 Å². The molecular weight excluding hydrogens is 947 g/mol. The lowest BCUT2D eigenvalue weighted by atomic mass is 9.49. The minimum Gasteiger partial charge on any atom is -0.310 e. The van der Waals surface area contributed by atoms with Crippen molar-refractivity contribution in [3.8, 4) is 22.3 Å². The zero-order valence-electron chi connectivity index (χ0n) is 44.4. The summed E-state index contributed by atoms with van der Waals surface area (Å²) in [5.74, 6) is 0. The van der Waals surface area contributed by atoms with E-state index in [1.807, 2.05) is 0 Å². The van der Waals surface area contributed by atoms with E-state index in [0.29, 0.717) is 0 Å². The van der Waals surface area contributed by atoms with Gasteiger partial charge in [-0.2, -0.15) is 0 Å². The standard InChI is InChI=1S/C73H59NSi2/c1-46-42-63-68(59-30-18-14-26-55(46)59)69-60-31-19-15-27-56(60)47(2)43-64(69)72(63,49-22-10-8-11-23-49)73(50-24-12-9-13-25-50)65-44-48(3)57-28-16-20-32-61(57)70(65)71-62-33-21-17-29-58(62)67(45-66(71)73)74(51-34-38-53(39-35-51)75(4)5)52-36-40-54(41-37-52)76(6)7/h8-45H,1-7H3. The average Bonchev–Trinajstić information content (AvgIpc) is 3.88. The van der Waals surface area contributed by atoms with Crippen LogP contribution in [-0.2, 0) is 10.8 Å². The molecule has 0 saturated heterocycles. The Balaban J connectivity index is 1.26. The van der Waals surface area contributed by atoms with Crippen molar-refractivity contribution >= 4 is 88.1 Å². The average molecular weight is 1010 g/mol. The number of nitrogens with zero attached hydrogens (tertiary/aromatic N) is 1. The van der Waals surface area contributed by atoms with Gasteiger partial charge in [0.15, 0.2) is 0 Å². The van der Waals surface area contributed by atoms with Gasteiger partial charge in [0.1, 0.15) is 0 Å². The molecule has 2 aliphatic carbocycles. The molecule has 12 aromatic carbocycles. The second kappa shape index (κ2) is 17.5. The highest BCUT2D eigenvalue weighted by atomic mass is 28.3. The third kappa shape index (κ3) is 6.36. The molecule has 0 amide bonds. The van der Waals surface area contributed by atoms with Gasteiger partial charge in [-0.15, -0.1) is 0 Å². The first kappa shape index (κ1) is 46.4. The summed E-state index contributed by atoms with van der Waals surface area (Å²) in [6.07, 6.45) is 0. The summed E-state index contributed by atoms with van der Waals surface area (Å²) < 4.78 is 0. The molecule has 0 N–H and O–H groups in total. The maximum Gasteiger partial charge on any atom is 0.0791 e. The number of hydrogen-bond donors (Lipinski definition) is 0.